The van der Waals surface area contributed by atoms with E-state index in [2.05, 4.69) is 25.2 Å². The van der Waals surface area contributed by atoms with Crippen LogP contribution < -0.4 is 9.47 Å². The molecule has 0 bridgehead atoms. The molecule has 0 aliphatic carbocycles. The predicted octanol–water partition coefficient (Wildman–Crippen LogP) is 7.95. The summed E-state index contributed by atoms with van der Waals surface area (Å²) in [6, 6.07) is 9.32. The fourth-order valence-corrected chi connectivity index (χ4v) is 3.42. The Morgan fingerprint density at radius 3 is 2.62 bits per heavy atom. The number of aromatic nitrogens is 1. The largest absolute Gasteiger partial charge is 0.490 e. The molecule has 1 unspecified atom stereocenters. The molecule has 0 spiro atoms. The van der Waals surface area contributed by atoms with Gasteiger partial charge in [0.15, 0.2) is 18.0 Å². The Labute approximate surface area is 210 Å². The standard InChI is InChI=1S/C22H22ClNO4.C5H7Cl/c1-4-6-15-10-16(26-9-5-2)7-8-17(15)22-18-11-21(27-14(3)13-25)19(23)12-20(18)28-24-22;1-3-4-5(2)6/h5,7-8,10-14H,2,4,6,9H2,1,3H3;3-4H,1H2,2H3/b;5-4+. The number of benzene rings is 2. The monoisotopic (exact) mass is 501 g/mol. The number of hydrogen-bond donors (Lipinski definition) is 0. The molecule has 0 saturated carbocycles. The quantitative estimate of drug-likeness (QED) is 0.160. The Hall–Kier alpha value is -3.02. The van der Waals surface area contributed by atoms with Gasteiger partial charge in [0.05, 0.1) is 10.4 Å². The zero-order chi connectivity index (χ0) is 25.1. The highest BCUT2D eigenvalue weighted by atomic mass is 35.5. The van der Waals surface area contributed by atoms with Crippen LogP contribution in [0.25, 0.3) is 22.2 Å². The van der Waals surface area contributed by atoms with E-state index >= 15 is 0 Å². The lowest BCUT2D eigenvalue weighted by Crippen LogP contribution is -2.12. The summed E-state index contributed by atoms with van der Waals surface area (Å²) in [7, 11) is 0. The van der Waals surface area contributed by atoms with E-state index in [-0.39, 0.29) is 0 Å². The molecule has 34 heavy (non-hydrogen) atoms. The molecule has 7 heteroatoms. The Balaban J connectivity index is 0.000000604. The van der Waals surface area contributed by atoms with E-state index in [1.54, 1.807) is 37.3 Å². The Morgan fingerprint density at radius 2 is 2.03 bits per heavy atom. The molecule has 5 nitrogen and oxygen atoms in total. The Bertz CT molecular complexity index is 1160. The summed E-state index contributed by atoms with van der Waals surface area (Å²) in [5.74, 6) is 1.20. The van der Waals surface area contributed by atoms with Crippen molar-refractivity contribution in [1.82, 2.24) is 5.16 Å². The van der Waals surface area contributed by atoms with Gasteiger partial charge < -0.3 is 14.0 Å². The van der Waals surface area contributed by atoms with Gasteiger partial charge in [-0.05, 0) is 56.2 Å². The molecule has 1 aromatic heterocycles. The number of aryl methyl sites for hydroxylation is 1. The highest BCUT2D eigenvalue weighted by Gasteiger charge is 2.18. The number of nitrogens with zero attached hydrogens (tertiary/aromatic N) is 1. The van der Waals surface area contributed by atoms with Gasteiger partial charge in [-0.1, -0.05) is 67.0 Å². The Kier molecular flexibility index (Phi) is 10.9. The number of fused-ring (bicyclic) bond motifs is 1. The number of ether oxygens (including phenoxy) is 2. The van der Waals surface area contributed by atoms with Crippen LogP contribution in [0.1, 0.15) is 32.8 Å². The van der Waals surface area contributed by atoms with Gasteiger partial charge in [0, 0.05) is 16.7 Å². The molecule has 0 N–H and O–H groups in total. The second kappa shape index (κ2) is 13.6. The van der Waals surface area contributed by atoms with E-state index in [1.165, 1.54) is 0 Å². The molecule has 0 aliphatic heterocycles. The molecule has 2 aromatic carbocycles. The molecule has 1 atom stereocenters. The Morgan fingerprint density at radius 1 is 1.26 bits per heavy atom. The van der Waals surface area contributed by atoms with Crippen molar-refractivity contribution in [3.8, 4) is 22.8 Å². The maximum Gasteiger partial charge on any atom is 0.169 e. The number of allylic oxidation sites excluding steroid dienone is 3. The number of halogens is 2. The van der Waals surface area contributed by atoms with E-state index in [1.807, 2.05) is 25.1 Å². The molecule has 0 saturated heterocycles. The first-order valence-corrected chi connectivity index (χ1v) is 11.6. The molecule has 180 valence electrons. The zero-order valence-electron chi connectivity index (χ0n) is 19.6. The first kappa shape index (κ1) is 27.2. The van der Waals surface area contributed by atoms with Gasteiger partial charge in [-0.3, -0.25) is 4.79 Å². The van der Waals surface area contributed by atoms with Crippen LogP contribution in [-0.2, 0) is 11.2 Å². The van der Waals surface area contributed by atoms with Crippen molar-refractivity contribution in [2.24, 2.45) is 0 Å². The fourth-order valence-electron chi connectivity index (χ4n) is 3.14. The highest BCUT2D eigenvalue weighted by Crippen LogP contribution is 2.38. The summed E-state index contributed by atoms with van der Waals surface area (Å²) in [4.78, 5) is 10.9. The van der Waals surface area contributed by atoms with Gasteiger partial charge in [-0.15, -0.1) is 0 Å². The average Bonchev–Trinajstić information content (AvgIpc) is 3.20. The van der Waals surface area contributed by atoms with Gasteiger partial charge in [0.2, 0.25) is 0 Å². The van der Waals surface area contributed by atoms with E-state index in [4.69, 9.17) is 37.2 Å². The van der Waals surface area contributed by atoms with Gasteiger partial charge in [-0.25, -0.2) is 0 Å². The molecule has 0 aliphatic rings. The minimum atomic E-state index is -0.602. The number of carbonyl (C=O) groups is 1. The van der Waals surface area contributed by atoms with Gasteiger partial charge >= 0.3 is 0 Å². The third-order valence-electron chi connectivity index (χ3n) is 4.60. The van der Waals surface area contributed by atoms with Crippen LogP contribution in [0.4, 0.5) is 0 Å². The number of hydrogen-bond acceptors (Lipinski definition) is 5. The maximum atomic E-state index is 10.9. The SMILES string of the molecule is C=C/C=C(\C)Cl.C=CCOc1ccc(-c2noc3cc(Cl)c(OC(C)C=O)cc23)c(CCC)c1. The molecule has 0 fully saturated rings. The summed E-state index contributed by atoms with van der Waals surface area (Å²) in [6.07, 6.45) is 7.07. The normalized spacial score (nSPS) is 11.9. The fraction of sp³-hybridized carbons (Fsp3) is 0.259. The van der Waals surface area contributed by atoms with Crippen molar-refractivity contribution >= 4 is 40.5 Å². The molecular formula is C27H29Cl2NO4. The van der Waals surface area contributed by atoms with Gasteiger partial charge in [0.25, 0.3) is 0 Å². The number of aldehydes is 1. The minimum absolute atomic E-state index is 0.367. The molecule has 0 amide bonds. The summed E-state index contributed by atoms with van der Waals surface area (Å²) in [5.41, 5.74) is 3.33. The molecule has 0 radical (unpaired) electrons. The molecule has 3 aromatic rings. The third-order valence-corrected chi connectivity index (χ3v) is 5.02. The predicted molar refractivity (Wildman–Crippen MR) is 140 cm³/mol. The second-order valence-corrected chi connectivity index (χ2v) is 8.43. The van der Waals surface area contributed by atoms with Crippen LogP contribution in [0.3, 0.4) is 0 Å². The summed E-state index contributed by atoms with van der Waals surface area (Å²) in [6.45, 7) is 13.2. The first-order valence-electron chi connectivity index (χ1n) is 10.9. The van der Waals surface area contributed by atoms with Crippen molar-refractivity contribution in [1.29, 1.82) is 0 Å². The van der Waals surface area contributed by atoms with Gasteiger partial charge in [0.1, 0.15) is 23.8 Å². The van der Waals surface area contributed by atoms with E-state index in [9.17, 15) is 4.79 Å². The van der Waals surface area contributed by atoms with Crippen LogP contribution in [0.5, 0.6) is 11.5 Å². The van der Waals surface area contributed by atoms with Crippen molar-refractivity contribution in [2.75, 3.05) is 6.61 Å². The molecule has 1 heterocycles. The maximum absolute atomic E-state index is 10.9. The van der Waals surface area contributed by atoms with Crippen molar-refractivity contribution in [3.05, 3.63) is 77.3 Å². The van der Waals surface area contributed by atoms with Crippen LogP contribution in [0.2, 0.25) is 5.02 Å². The molecule has 3 rings (SSSR count). The van der Waals surface area contributed by atoms with Crippen LogP contribution >= 0.6 is 23.2 Å². The first-order chi connectivity index (χ1) is 16.3. The lowest BCUT2D eigenvalue weighted by molar-refractivity contribution is -0.113. The van der Waals surface area contributed by atoms with Crippen LogP contribution in [-0.4, -0.2) is 24.2 Å². The van der Waals surface area contributed by atoms with E-state index in [0.717, 1.165) is 46.4 Å². The topological polar surface area (TPSA) is 61.6 Å². The summed E-state index contributed by atoms with van der Waals surface area (Å²) in [5, 5.41) is 6.17. The smallest absolute Gasteiger partial charge is 0.169 e. The highest BCUT2D eigenvalue weighted by molar-refractivity contribution is 6.33. The second-order valence-electron chi connectivity index (χ2n) is 7.43. The lowest BCUT2D eigenvalue weighted by Gasteiger charge is -2.12. The van der Waals surface area contributed by atoms with Crippen LogP contribution in [0, 0.1) is 0 Å². The van der Waals surface area contributed by atoms with Gasteiger partial charge in [-0.2, -0.15) is 0 Å². The lowest BCUT2D eigenvalue weighted by atomic mass is 9.98. The zero-order valence-corrected chi connectivity index (χ0v) is 21.2. The van der Waals surface area contributed by atoms with Crippen molar-refractivity contribution in [2.45, 2.75) is 39.7 Å². The van der Waals surface area contributed by atoms with Crippen LogP contribution in [0.15, 0.2) is 71.3 Å². The average molecular weight is 502 g/mol. The van der Waals surface area contributed by atoms with E-state index in [0.29, 0.717) is 28.7 Å². The number of carbonyl (C=O) groups excluding carboxylic acids is 1. The van der Waals surface area contributed by atoms with Crippen molar-refractivity contribution in [3.63, 3.8) is 0 Å². The minimum Gasteiger partial charge on any atom is -0.490 e. The third kappa shape index (κ3) is 7.51. The van der Waals surface area contributed by atoms with Crippen molar-refractivity contribution < 1.29 is 18.8 Å². The summed E-state index contributed by atoms with van der Waals surface area (Å²) >= 11 is 11.6. The van der Waals surface area contributed by atoms with E-state index < -0.39 is 6.10 Å². The number of rotatable bonds is 10. The summed E-state index contributed by atoms with van der Waals surface area (Å²) < 4.78 is 16.8. The molecular weight excluding hydrogens is 473 g/mol.